The monoisotopic (exact) mass is 166 g/mol. The molecule has 68 valence electrons. The fraction of sp³-hybridized carbons (Fsp3) is 0.909. The van der Waals surface area contributed by atoms with Crippen molar-refractivity contribution >= 4 is 5.78 Å². The zero-order chi connectivity index (χ0) is 9.15. The predicted molar refractivity (Wildman–Crippen MR) is 48.8 cm³/mol. The van der Waals surface area contributed by atoms with Gasteiger partial charge in [-0.25, -0.2) is 0 Å². The van der Waals surface area contributed by atoms with E-state index in [1.165, 1.54) is 0 Å². The van der Waals surface area contributed by atoms with Crippen molar-refractivity contribution in [3.05, 3.63) is 0 Å². The quantitative estimate of drug-likeness (QED) is 0.616. The van der Waals surface area contributed by atoms with Crippen molar-refractivity contribution in [2.24, 2.45) is 22.7 Å². The van der Waals surface area contributed by atoms with Crippen LogP contribution in [-0.2, 0) is 4.79 Å². The summed E-state index contributed by atoms with van der Waals surface area (Å²) in [4.78, 5) is 12.0. The molecule has 0 heterocycles. The first-order valence-electron chi connectivity index (χ1n) is 4.96. The Bertz CT molecular complexity index is 221. The predicted octanol–water partition coefficient (Wildman–Crippen LogP) is 2.65. The van der Waals surface area contributed by atoms with Crippen molar-refractivity contribution in [3.8, 4) is 0 Å². The van der Waals surface area contributed by atoms with Crippen LogP contribution in [0.1, 0.15) is 40.5 Å². The second kappa shape index (κ2) is 1.94. The van der Waals surface area contributed by atoms with Gasteiger partial charge in [0.25, 0.3) is 0 Å². The van der Waals surface area contributed by atoms with Gasteiger partial charge in [-0.15, -0.1) is 0 Å². The number of carbonyl (C=O) groups is 1. The molecule has 0 radical (unpaired) electrons. The molecule has 4 atom stereocenters. The maximum Gasteiger partial charge on any atom is 0.145 e. The Kier molecular flexibility index (Phi) is 1.34. The van der Waals surface area contributed by atoms with Gasteiger partial charge in [-0.05, 0) is 24.7 Å². The van der Waals surface area contributed by atoms with Crippen molar-refractivity contribution in [2.75, 3.05) is 0 Å². The summed E-state index contributed by atoms with van der Waals surface area (Å²) in [5.74, 6) is 1.80. The van der Waals surface area contributed by atoms with Crippen molar-refractivity contribution in [1.82, 2.24) is 0 Å². The van der Waals surface area contributed by atoms with Gasteiger partial charge >= 0.3 is 0 Å². The van der Waals surface area contributed by atoms with E-state index in [1.54, 1.807) is 0 Å². The molecule has 0 N–H and O–H groups in total. The molecule has 0 saturated heterocycles. The summed E-state index contributed by atoms with van der Waals surface area (Å²) in [5, 5.41) is 0. The average Bonchev–Trinajstić information content (AvgIpc) is 2.77. The third kappa shape index (κ3) is 0.826. The molecule has 0 unspecified atom stereocenters. The minimum absolute atomic E-state index is 0.0551. The molecule has 0 amide bonds. The van der Waals surface area contributed by atoms with E-state index in [0.717, 1.165) is 12.8 Å². The Morgan fingerprint density at radius 1 is 1.08 bits per heavy atom. The van der Waals surface area contributed by atoms with Crippen molar-refractivity contribution < 1.29 is 4.79 Å². The van der Waals surface area contributed by atoms with E-state index in [0.29, 0.717) is 17.6 Å². The van der Waals surface area contributed by atoms with Gasteiger partial charge < -0.3 is 0 Å². The van der Waals surface area contributed by atoms with E-state index in [2.05, 4.69) is 27.7 Å². The van der Waals surface area contributed by atoms with Gasteiger partial charge in [0.05, 0.1) is 0 Å². The van der Waals surface area contributed by atoms with E-state index < -0.39 is 0 Å². The lowest BCUT2D eigenvalue weighted by atomic mass is 9.87. The minimum atomic E-state index is 0.0551. The summed E-state index contributed by atoms with van der Waals surface area (Å²) in [6, 6.07) is 0. The fourth-order valence-electron chi connectivity index (χ4n) is 2.44. The van der Waals surface area contributed by atoms with E-state index in [-0.39, 0.29) is 10.8 Å². The molecule has 2 aliphatic rings. The summed E-state index contributed by atoms with van der Waals surface area (Å²) in [5.41, 5.74) is 0.110. The smallest absolute Gasteiger partial charge is 0.145 e. The van der Waals surface area contributed by atoms with Crippen LogP contribution >= 0.6 is 0 Å². The molecule has 0 aromatic heterocycles. The lowest BCUT2D eigenvalue weighted by Crippen LogP contribution is -2.24. The Balaban J connectivity index is 2.12. The van der Waals surface area contributed by atoms with E-state index >= 15 is 0 Å². The zero-order valence-corrected chi connectivity index (χ0v) is 8.48. The summed E-state index contributed by atoms with van der Waals surface area (Å²) in [7, 11) is 0. The molecule has 2 saturated carbocycles. The highest BCUT2D eigenvalue weighted by Gasteiger charge is 2.64. The number of hydrogen-bond donors (Lipinski definition) is 0. The highest BCUT2D eigenvalue weighted by molar-refractivity contribution is 5.94. The van der Waals surface area contributed by atoms with Crippen molar-refractivity contribution in [1.29, 1.82) is 0 Å². The highest BCUT2D eigenvalue weighted by Crippen LogP contribution is 2.63. The van der Waals surface area contributed by atoms with Crippen LogP contribution in [0.5, 0.6) is 0 Å². The van der Waals surface area contributed by atoms with Crippen LogP contribution in [0.2, 0.25) is 0 Å². The van der Waals surface area contributed by atoms with Crippen LogP contribution in [0.15, 0.2) is 0 Å². The molecule has 2 fully saturated rings. The van der Waals surface area contributed by atoms with Gasteiger partial charge in [0.1, 0.15) is 5.78 Å². The molecule has 0 spiro atoms. The SMILES string of the molecule is C[C@@H]1C[C@]1(C)C(=O)[C@@]1(C)C[C@@H]1C. The Labute approximate surface area is 74.5 Å². The third-order valence-corrected chi connectivity index (χ3v) is 4.35. The lowest BCUT2D eigenvalue weighted by molar-refractivity contribution is -0.129. The first-order valence-corrected chi connectivity index (χ1v) is 4.96. The Hall–Kier alpha value is -0.330. The maximum absolute atomic E-state index is 12.0. The van der Waals surface area contributed by atoms with Crippen LogP contribution in [0.25, 0.3) is 0 Å². The Morgan fingerprint density at radius 2 is 1.33 bits per heavy atom. The van der Waals surface area contributed by atoms with Gasteiger partial charge in [0.2, 0.25) is 0 Å². The molecule has 1 nitrogen and oxygen atoms in total. The number of hydrogen-bond acceptors (Lipinski definition) is 1. The largest absolute Gasteiger partial charge is 0.298 e. The third-order valence-electron chi connectivity index (χ3n) is 4.35. The summed E-state index contributed by atoms with van der Waals surface area (Å²) < 4.78 is 0. The highest BCUT2D eigenvalue weighted by atomic mass is 16.1. The minimum Gasteiger partial charge on any atom is -0.298 e. The number of Topliss-reactive ketones (excluding diaryl/α,β-unsaturated/α-hetero) is 1. The van der Waals surface area contributed by atoms with Crippen LogP contribution in [0.4, 0.5) is 0 Å². The van der Waals surface area contributed by atoms with Crippen LogP contribution < -0.4 is 0 Å². The normalized spacial score (nSPS) is 56.7. The molecule has 0 bridgehead atoms. The second-order valence-corrected chi connectivity index (χ2v) is 5.37. The molecular formula is C11H18O. The van der Waals surface area contributed by atoms with Crippen LogP contribution in [0, 0.1) is 22.7 Å². The molecular weight excluding hydrogens is 148 g/mol. The topological polar surface area (TPSA) is 17.1 Å². The van der Waals surface area contributed by atoms with Crippen LogP contribution in [0.3, 0.4) is 0 Å². The molecule has 2 aliphatic carbocycles. The van der Waals surface area contributed by atoms with E-state index in [9.17, 15) is 4.79 Å². The second-order valence-electron chi connectivity index (χ2n) is 5.37. The molecule has 12 heavy (non-hydrogen) atoms. The van der Waals surface area contributed by atoms with Gasteiger partial charge in [0, 0.05) is 10.8 Å². The molecule has 0 aromatic rings. The molecule has 0 aliphatic heterocycles. The van der Waals surface area contributed by atoms with E-state index in [1.807, 2.05) is 0 Å². The number of rotatable bonds is 2. The standard InChI is InChI=1S/C11H18O/c1-7-5-10(7,3)9(12)11(4)6-8(11)2/h7-8H,5-6H2,1-4H3/t7-,8+,10-,11-/m0/s1. The summed E-state index contributed by atoms with van der Waals surface area (Å²) in [6.45, 7) is 8.65. The maximum atomic E-state index is 12.0. The number of carbonyl (C=O) groups excluding carboxylic acids is 1. The molecule has 0 aromatic carbocycles. The number of ketones is 1. The van der Waals surface area contributed by atoms with E-state index in [4.69, 9.17) is 0 Å². The first kappa shape index (κ1) is 8.28. The fourth-order valence-corrected chi connectivity index (χ4v) is 2.44. The average molecular weight is 166 g/mol. The van der Waals surface area contributed by atoms with Gasteiger partial charge in [-0.1, -0.05) is 27.7 Å². The first-order chi connectivity index (χ1) is 5.41. The summed E-state index contributed by atoms with van der Waals surface area (Å²) in [6.07, 6.45) is 2.24. The van der Waals surface area contributed by atoms with Gasteiger partial charge in [-0.3, -0.25) is 4.79 Å². The van der Waals surface area contributed by atoms with Gasteiger partial charge in [0.15, 0.2) is 0 Å². The van der Waals surface area contributed by atoms with Gasteiger partial charge in [-0.2, -0.15) is 0 Å². The van der Waals surface area contributed by atoms with Crippen molar-refractivity contribution in [3.63, 3.8) is 0 Å². The molecule has 1 heteroatoms. The van der Waals surface area contributed by atoms with Crippen molar-refractivity contribution in [2.45, 2.75) is 40.5 Å². The Morgan fingerprint density at radius 3 is 1.50 bits per heavy atom. The lowest BCUT2D eigenvalue weighted by Gasteiger charge is -2.15. The summed E-state index contributed by atoms with van der Waals surface area (Å²) >= 11 is 0. The zero-order valence-electron chi connectivity index (χ0n) is 8.48. The molecule has 2 rings (SSSR count). The van der Waals surface area contributed by atoms with Crippen LogP contribution in [-0.4, -0.2) is 5.78 Å².